The van der Waals surface area contributed by atoms with Crippen LogP contribution in [0, 0.1) is 6.92 Å². The number of carbonyl (C=O) groups is 1. The van der Waals surface area contributed by atoms with Gasteiger partial charge in [-0.3, -0.25) is 0 Å². The number of ether oxygens (including phenoxy) is 1. The maximum Gasteiger partial charge on any atom is 0.331 e. The van der Waals surface area contributed by atoms with Gasteiger partial charge in [-0.25, -0.2) is 9.78 Å². The van der Waals surface area contributed by atoms with Crippen LogP contribution in [0.5, 0.6) is 0 Å². The van der Waals surface area contributed by atoms with Crippen LogP contribution < -0.4 is 0 Å². The predicted octanol–water partition coefficient (Wildman–Crippen LogP) is 4.41. The molecule has 0 saturated carbocycles. The number of aromatic nitrogens is 3. The highest BCUT2D eigenvalue weighted by Gasteiger charge is 2.10. The molecule has 0 N–H and O–H groups in total. The minimum atomic E-state index is -0.496. The van der Waals surface area contributed by atoms with E-state index in [1.165, 1.54) is 17.4 Å². The summed E-state index contributed by atoms with van der Waals surface area (Å²) in [5.41, 5.74) is 2.83. The van der Waals surface area contributed by atoms with E-state index >= 15 is 0 Å². The number of hydrogen-bond acceptors (Lipinski definition) is 7. The molecule has 0 saturated heterocycles. The maximum atomic E-state index is 11.9. The first-order valence-corrected chi connectivity index (χ1v) is 9.09. The van der Waals surface area contributed by atoms with E-state index in [0.29, 0.717) is 5.89 Å². The second kappa shape index (κ2) is 7.51. The Morgan fingerprint density at radius 2 is 2.07 bits per heavy atom. The van der Waals surface area contributed by atoms with Crippen molar-refractivity contribution in [1.82, 2.24) is 15.2 Å². The number of esters is 1. The Hall–Kier alpha value is -3.32. The van der Waals surface area contributed by atoms with Gasteiger partial charge in [0.2, 0.25) is 5.89 Å². The Labute approximate surface area is 159 Å². The molecule has 134 valence electrons. The number of benzene rings is 2. The van der Waals surface area contributed by atoms with Gasteiger partial charge in [0.1, 0.15) is 5.01 Å². The number of para-hydroxylation sites is 1. The third kappa shape index (κ3) is 4.09. The molecule has 0 radical (unpaired) electrons. The van der Waals surface area contributed by atoms with Gasteiger partial charge in [-0.05, 0) is 37.3 Å². The number of nitrogens with zero attached hydrogens (tertiary/aromatic N) is 3. The van der Waals surface area contributed by atoms with Crippen LogP contribution in [0.2, 0.25) is 0 Å². The molecular formula is C20H15N3O3S. The second-order valence-electron chi connectivity index (χ2n) is 5.83. The van der Waals surface area contributed by atoms with Crippen LogP contribution in [0.15, 0.2) is 59.0 Å². The molecular weight excluding hydrogens is 362 g/mol. The van der Waals surface area contributed by atoms with Crippen LogP contribution >= 0.6 is 11.3 Å². The molecule has 7 heteroatoms. The summed E-state index contributed by atoms with van der Waals surface area (Å²) in [6.07, 6.45) is 2.98. The van der Waals surface area contributed by atoms with Gasteiger partial charge in [0.25, 0.3) is 5.89 Å². The zero-order chi connectivity index (χ0) is 18.6. The van der Waals surface area contributed by atoms with Gasteiger partial charge in [-0.15, -0.1) is 21.5 Å². The van der Waals surface area contributed by atoms with Gasteiger partial charge in [-0.1, -0.05) is 29.8 Å². The molecule has 2 aromatic carbocycles. The molecule has 2 heterocycles. The lowest BCUT2D eigenvalue weighted by molar-refractivity contribution is -0.139. The largest absolute Gasteiger partial charge is 0.452 e. The summed E-state index contributed by atoms with van der Waals surface area (Å²) in [5, 5.41) is 8.65. The summed E-state index contributed by atoms with van der Waals surface area (Å²) in [7, 11) is 0. The van der Waals surface area contributed by atoms with Crippen LogP contribution in [-0.2, 0) is 16.1 Å². The molecule has 0 amide bonds. The molecule has 27 heavy (non-hydrogen) atoms. The molecule has 0 aliphatic heterocycles. The van der Waals surface area contributed by atoms with Crippen molar-refractivity contribution in [2.45, 2.75) is 13.5 Å². The van der Waals surface area contributed by atoms with Crippen molar-refractivity contribution < 1.29 is 13.9 Å². The lowest BCUT2D eigenvalue weighted by Crippen LogP contribution is -2.00. The van der Waals surface area contributed by atoms with E-state index in [4.69, 9.17) is 9.15 Å². The fourth-order valence-corrected chi connectivity index (χ4v) is 3.36. The van der Waals surface area contributed by atoms with Crippen LogP contribution in [0.1, 0.15) is 16.5 Å². The molecule has 0 spiro atoms. The summed E-state index contributed by atoms with van der Waals surface area (Å²) in [5.74, 6) is 0.146. The zero-order valence-corrected chi connectivity index (χ0v) is 15.3. The van der Waals surface area contributed by atoms with E-state index < -0.39 is 5.97 Å². The number of fused-ring (bicyclic) bond motifs is 1. The molecule has 0 aliphatic rings. The third-order valence-corrected chi connectivity index (χ3v) is 4.74. The Morgan fingerprint density at radius 3 is 2.93 bits per heavy atom. The van der Waals surface area contributed by atoms with E-state index in [-0.39, 0.29) is 12.5 Å². The first-order chi connectivity index (χ1) is 13.2. The fraction of sp³-hybridized carbons (Fsp3) is 0.100. The van der Waals surface area contributed by atoms with Crippen molar-refractivity contribution in [1.29, 1.82) is 0 Å². The molecule has 2 aromatic heterocycles. The molecule has 0 unspecified atom stereocenters. The smallest absolute Gasteiger partial charge is 0.331 e. The summed E-state index contributed by atoms with van der Waals surface area (Å²) >= 11 is 1.51. The lowest BCUT2D eigenvalue weighted by Gasteiger charge is -1.97. The van der Waals surface area contributed by atoms with Crippen molar-refractivity contribution in [3.63, 3.8) is 0 Å². The van der Waals surface area contributed by atoms with Crippen LogP contribution in [-0.4, -0.2) is 21.2 Å². The number of hydrogen-bond donors (Lipinski definition) is 0. The number of thiazole rings is 1. The highest BCUT2D eigenvalue weighted by molar-refractivity contribution is 7.19. The number of aryl methyl sites for hydroxylation is 1. The van der Waals surface area contributed by atoms with E-state index in [2.05, 4.69) is 15.2 Å². The average Bonchev–Trinajstić information content (AvgIpc) is 3.31. The minimum Gasteiger partial charge on any atom is -0.452 e. The standard InChI is InChI=1S/C20H15N3O3S/c1-13-5-4-6-14(11-13)20-23-22-17(26-20)12-25-19(24)10-9-18-21-15-7-2-3-8-16(15)27-18/h2-11H,12H2,1H3/b10-9+. The van der Waals surface area contributed by atoms with Crippen molar-refractivity contribution in [2.75, 3.05) is 0 Å². The van der Waals surface area contributed by atoms with Gasteiger partial charge < -0.3 is 9.15 Å². The maximum absolute atomic E-state index is 11.9. The van der Waals surface area contributed by atoms with E-state index in [1.807, 2.05) is 55.5 Å². The Balaban J connectivity index is 1.36. The van der Waals surface area contributed by atoms with Gasteiger partial charge in [-0.2, -0.15) is 0 Å². The van der Waals surface area contributed by atoms with Crippen molar-refractivity contribution in [2.24, 2.45) is 0 Å². The van der Waals surface area contributed by atoms with E-state index in [0.717, 1.165) is 26.4 Å². The zero-order valence-electron chi connectivity index (χ0n) is 14.5. The van der Waals surface area contributed by atoms with E-state index in [9.17, 15) is 4.79 Å². The molecule has 6 nitrogen and oxygen atoms in total. The van der Waals surface area contributed by atoms with Crippen LogP contribution in [0.25, 0.3) is 27.7 Å². The number of carbonyl (C=O) groups excluding carboxylic acids is 1. The summed E-state index contributed by atoms with van der Waals surface area (Å²) in [6, 6.07) is 15.5. The summed E-state index contributed by atoms with van der Waals surface area (Å²) < 4.78 is 11.8. The Bertz CT molecular complexity index is 1100. The van der Waals surface area contributed by atoms with Gasteiger partial charge in [0.05, 0.1) is 10.2 Å². The minimum absolute atomic E-state index is 0.0815. The Morgan fingerprint density at radius 1 is 1.19 bits per heavy atom. The Kier molecular flexibility index (Phi) is 4.76. The van der Waals surface area contributed by atoms with Gasteiger partial charge in [0.15, 0.2) is 6.61 Å². The quantitative estimate of drug-likeness (QED) is 0.379. The van der Waals surface area contributed by atoms with Crippen LogP contribution in [0.4, 0.5) is 0 Å². The number of rotatable bonds is 5. The molecule has 0 atom stereocenters. The normalized spacial score (nSPS) is 11.3. The average molecular weight is 377 g/mol. The van der Waals surface area contributed by atoms with Crippen molar-refractivity contribution in [3.05, 3.63) is 71.1 Å². The summed E-state index contributed by atoms with van der Waals surface area (Å²) in [6.45, 7) is 1.90. The molecule has 4 aromatic rings. The van der Waals surface area contributed by atoms with Crippen molar-refractivity contribution >= 4 is 33.6 Å². The van der Waals surface area contributed by atoms with E-state index in [1.54, 1.807) is 6.08 Å². The predicted molar refractivity (Wildman–Crippen MR) is 103 cm³/mol. The highest BCUT2D eigenvalue weighted by atomic mass is 32.1. The van der Waals surface area contributed by atoms with Gasteiger partial charge in [0, 0.05) is 11.6 Å². The monoisotopic (exact) mass is 377 g/mol. The third-order valence-electron chi connectivity index (χ3n) is 3.74. The molecule has 0 bridgehead atoms. The SMILES string of the molecule is Cc1cccc(-c2nnc(COC(=O)/C=C/c3nc4ccccc4s3)o2)c1. The van der Waals surface area contributed by atoms with Crippen molar-refractivity contribution in [3.8, 4) is 11.5 Å². The lowest BCUT2D eigenvalue weighted by atomic mass is 10.1. The van der Waals surface area contributed by atoms with Gasteiger partial charge >= 0.3 is 5.97 Å². The van der Waals surface area contributed by atoms with Crippen LogP contribution in [0.3, 0.4) is 0 Å². The first-order valence-electron chi connectivity index (χ1n) is 8.27. The highest BCUT2D eigenvalue weighted by Crippen LogP contribution is 2.22. The molecule has 0 fully saturated rings. The molecule has 4 rings (SSSR count). The topological polar surface area (TPSA) is 78.1 Å². The molecule has 0 aliphatic carbocycles. The summed E-state index contributed by atoms with van der Waals surface area (Å²) in [4.78, 5) is 16.3. The fourth-order valence-electron chi connectivity index (χ4n) is 2.49. The first kappa shape index (κ1) is 17.1. The second-order valence-corrected chi connectivity index (χ2v) is 6.89.